The molecule has 7 nitrogen and oxygen atoms in total. The molecule has 1 amide bonds. The fraction of sp³-hybridized carbons (Fsp3) is 0. The molecule has 0 unspecified atom stereocenters. The number of nitrogens with zero attached hydrogens (tertiary/aromatic N) is 2. The van der Waals surface area contributed by atoms with E-state index in [-0.39, 0.29) is 16.9 Å². The van der Waals surface area contributed by atoms with Gasteiger partial charge in [-0.25, -0.2) is 0 Å². The monoisotopic (exact) mass is 358 g/mol. The second-order valence-electron chi connectivity index (χ2n) is 5.60. The molecule has 132 valence electrons. The van der Waals surface area contributed by atoms with Crippen molar-refractivity contribution in [2.24, 2.45) is 0 Å². The second kappa shape index (κ2) is 7.80. The van der Waals surface area contributed by atoms with Crippen molar-refractivity contribution in [2.75, 3.05) is 10.6 Å². The number of fused-ring (bicyclic) bond motifs is 1. The quantitative estimate of drug-likeness (QED) is 0.307. The number of nitro benzene ring substituents is 1. The number of para-hydroxylation sites is 2. The topological polar surface area (TPSA) is 108 Å². The lowest BCUT2D eigenvalue weighted by atomic mass is 10.1. The van der Waals surface area contributed by atoms with E-state index in [1.807, 2.05) is 42.5 Å². The molecular formula is C20H14N4O3. The van der Waals surface area contributed by atoms with Crippen LogP contribution < -0.4 is 10.6 Å². The molecule has 3 aromatic carbocycles. The molecule has 3 aromatic rings. The molecule has 0 saturated heterocycles. The van der Waals surface area contributed by atoms with Crippen LogP contribution in [0.1, 0.15) is 0 Å². The summed E-state index contributed by atoms with van der Waals surface area (Å²) in [5, 5.41) is 27.7. The highest BCUT2D eigenvalue weighted by molar-refractivity contribution is 6.07. The van der Waals surface area contributed by atoms with Crippen LogP contribution in [-0.4, -0.2) is 10.8 Å². The predicted molar refractivity (Wildman–Crippen MR) is 103 cm³/mol. The summed E-state index contributed by atoms with van der Waals surface area (Å²) >= 11 is 0. The molecule has 7 heteroatoms. The minimum atomic E-state index is -0.736. The average molecular weight is 358 g/mol. The largest absolute Gasteiger partial charge is 0.360 e. The van der Waals surface area contributed by atoms with Gasteiger partial charge in [0, 0.05) is 18.0 Å². The van der Waals surface area contributed by atoms with E-state index in [9.17, 15) is 20.2 Å². The smallest absolute Gasteiger partial charge is 0.292 e. The Morgan fingerprint density at radius 3 is 2.48 bits per heavy atom. The van der Waals surface area contributed by atoms with E-state index < -0.39 is 10.8 Å². The molecule has 0 radical (unpaired) electrons. The minimum Gasteiger partial charge on any atom is -0.360 e. The summed E-state index contributed by atoms with van der Waals surface area (Å²) in [5.41, 5.74) is 0.284. The van der Waals surface area contributed by atoms with Crippen molar-refractivity contribution < 1.29 is 9.72 Å². The molecule has 0 spiro atoms. The molecule has 0 aliphatic heterocycles. The lowest BCUT2D eigenvalue weighted by Crippen LogP contribution is -2.15. The number of anilines is 2. The van der Waals surface area contributed by atoms with Gasteiger partial charge in [0.2, 0.25) is 0 Å². The van der Waals surface area contributed by atoms with Crippen molar-refractivity contribution in [2.45, 2.75) is 0 Å². The van der Waals surface area contributed by atoms with Crippen LogP contribution in [0, 0.1) is 21.4 Å². The normalized spacial score (nSPS) is 10.9. The van der Waals surface area contributed by atoms with E-state index in [2.05, 4.69) is 10.6 Å². The fourth-order valence-corrected chi connectivity index (χ4v) is 2.51. The Morgan fingerprint density at radius 2 is 1.74 bits per heavy atom. The molecule has 0 aliphatic rings. The predicted octanol–water partition coefficient (Wildman–Crippen LogP) is 4.21. The van der Waals surface area contributed by atoms with Crippen molar-refractivity contribution in [3.05, 3.63) is 88.6 Å². The van der Waals surface area contributed by atoms with Crippen molar-refractivity contribution in [3.8, 4) is 6.07 Å². The number of hydrogen-bond acceptors (Lipinski definition) is 5. The highest BCUT2D eigenvalue weighted by Gasteiger charge is 2.17. The first-order valence-corrected chi connectivity index (χ1v) is 7.99. The third-order valence-corrected chi connectivity index (χ3v) is 3.85. The summed E-state index contributed by atoms with van der Waals surface area (Å²) in [6.07, 6.45) is 1.27. The zero-order valence-corrected chi connectivity index (χ0v) is 14.0. The zero-order chi connectivity index (χ0) is 19.2. The first-order valence-electron chi connectivity index (χ1n) is 7.99. The molecule has 2 N–H and O–H groups in total. The van der Waals surface area contributed by atoms with Crippen LogP contribution in [0.15, 0.2) is 78.5 Å². The molecule has 0 bridgehead atoms. The van der Waals surface area contributed by atoms with Crippen LogP contribution in [0.5, 0.6) is 0 Å². The van der Waals surface area contributed by atoms with Gasteiger partial charge in [-0.15, -0.1) is 0 Å². The Balaban J connectivity index is 1.78. The van der Waals surface area contributed by atoms with Gasteiger partial charge in [0.15, 0.2) is 0 Å². The van der Waals surface area contributed by atoms with Gasteiger partial charge >= 0.3 is 0 Å². The lowest BCUT2D eigenvalue weighted by Gasteiger charge is -2.06. The van der Waals surface area contributed by atoms with Crippen LogP contribution >= 0.6 is 0 Å². The Hall–Kier alpha value is -4.18. The summed E-state index contributed by atoms with van der Waals surface area (Å²) in [7, 11) is 0. The van der Waals surface area contributed by atoms with Gasteiger partial charge in [-0.1, -0.05) is 42.5 Å². The van der Waals surface area contributed by atoms with Crippen LogP contribution in [0.25, 0.3) is 10.8 Å². The molecule has 0 fully saturated rings. The number of nitrogens with one attached hydrogen (secondary N) is 2. The van der Waals surface area contributed by atoms with E-state index in [0.717, 1.165) is 10.8 Å². The van der Waals surface area contributed by atoms with Crippen LogP contribution in [0.3, 0.4) is 0 Å². The van der Waals surface area contributed by atoms with Gasteiger partial charge < -0.3 is 10.6 Å². The molecule has 0 heterocycles. The van der Waals surface area contributed by atoms with Gasteiger partial charge in [-0.3, -0.25) is 14.9 Å². The van der Waals surface area contributed by atoms with E-state index in [1.165, 1.54) is 24.4 Å². The molecule has 3 rings (SSSR count). The molecule has 0 aliphatic carbocycles. The zero-order valence-electron chi connectivity index (χ0n) is 14.0. The molecule has 0 atom stereocenters. The number of benzene rings is 3. The molecule has 0 aromatic heterocycles. The Morgan fingerprint density at radius 1 is 1.04 bits per heavy atom. The Kier molecular flexibility index (Phi) is 5.10. The number of nitriles is 1. The van der Waals surface area contributed by atoms with Crippen LogP contribution in [-0.2, 0) is 4.79 Å². The second-order valence-corrected chi connectivity index (χ2v) is 5.60. The summed E-state index contributed by atoms with van der Waals surface area (Å²) in [6.45, 7) is 0. The Bertz CT molecular complexity index is 1100. The van der Waals surface area contributed by atoms with Gasteiger partial charge in [-0.2, -0.15) is 5.26 Å². The van der Waals surface area contributed by atoms with Crippen molar-refractivity contribution in [3.63, 3.8) is 0 Å². The van der Waals surface area contributed by atoms with Gasteiger partial charge in [-0.05, 0) is 29.0 Å². The summed E-state index contributed by atoms with van der Waals surface area (Å²) in [5.74, 6) is -0.736. The first-order chi connectivity index (χ1) is 13.1. The SMILES string of the molecule is N#C/C(=C/Nc1ccc2ccccc2c1)C(=O)Nc1ccccc1[N+](=O)[O-]. The van der Waals surface area contributed by atoms with Crippen LogP contribution in [0.4, 0.5) is 17.1 Å². The minimum absolute atomic E-state index is 0.0272. The summed E-state index contributed by atoms with van der Waals surface area (Å²) < 4.78 is 0. The molecule has 27 heavy (non-hydrogen) atoms. The highest BCUT2D eigenvalue weighted by atomic mass is 16.6. The van der Waals surface area contributed by atoms with Crippen molar-refractivity contribution >= 4 is 33.7 Å². The maximum Gasteiger partial charge on any atom is 0.292 e. The van der Waals surface area contributed by atoms with Gasteiger partial charge in [0.1, 0.15) is 17.3 Å². The first kappa shape index (κ1) is 17.6. The van der Waals surface area contributed by atoms with Crippen molar-refractivity contribution in [1.82, 2.24) is 0 Å². The van der Waals surface area contributed by atoms with E-state index in [4.69, 9.17) is 0 Å². The third-order valence-electron chi connectivity index (χ3n) is 3.85. The maximum atomic E-state index is 12.3. The summed E-state index contributed by atoms with van der Waals surface area (Å²) in [6, 6.07) is 21.0. The number of hydrogen-bond donors (Lipinski definition) is 2. The van der Waals surface area contributed by atoms with Gasteiger partial charge in [0.05, 0.1) is 4.92 Å². The number of rotatable bonds is 5. The number of amides is 1. The molecule has 0 saturated carbocycles. The average Bonchev–Trinajstić information content (AvgIpc) is 2.68. The van der Waals surface area contributed by atoms with Gasteiger partial charge in [0.25, 0.3) is 11.6 Å². The number of carbonyl (C=O) groups excluding carboxylic acids is 1. The molecular weight excluding hydrogens is 344 g/mol. The standard InChI is InChI=1S/C20H14N4O3/c21-12-16(20(25)23-18-7-3-4-8-19(18)24(26)27)13-22-17-10-9-14-5-1-2-6-15(14)11-17/h1-11,13,22H,(H,23,25)/b16-13-. The number of carbonyl (C=O) groups is 1. The van der Waals surface area contributed by atoms with Crippen LogP contribution in [0.2, 0.25) is 0 Å². The van der Waals surface area contributed by atoms with E-state index in [0.29, 0.717) is 5.69 Å². The summed E-state index contributed by atoms with van der Waals surface area (Å²) in [4.78, 5) is 22.7. The fourth-order valence-electron chi connectivity index (χ4n) is 2.51. The Labute approximate surface area is 154 Å². The third kappa shape index (κ3) is 4.08. The van der Waals surface area contributed by atoms with E-state index >= 15 is 0 Å². The maximum absolute atomic E-state index is 12.3. The van der Waals surface area contributed by atoms with Crippen molar-refractivity contribution in [1.29, 1.82) is 5.26 Å². The number of nitro groups is 1. The van der Waals surface area contributed by atoms with E-state index in [1.54, 1.807) is 12.1 Å². The lowest BCUT2D eigenvalue weighted by molar-refractivity contribution is -0.383. The highest BCUT2D eigenvalue weighted by Crippen LogP contribution is 2.24.